The number of aliphatic carboxylic acids is 2. The monoisotopic (exact) mass is 559 g/mol. The van der Waals surface area contributed by atoms with Crippen LogP contribution < -0.4 is 9.47 Å². The summed E-state index contributed by atoms with van der Waals surface area (Å²) in [5, 5.41) is 19.2. The fourth-order valence-corrected chi connectivity index (χ4v) is 5.33. The minimum Gasteiger partial charge on any atom is -0.494 e. The molecule has 2 N–H and O–H groups in total. The summed E-state index contributed by atoms with van der Waals surface area (Å²) >= 11 is 1.25. The molecule has 40 heavy (non-hydrogen) atoms. The second kappa shape index (κ2) is 14.3. The first-order valence-electron chi connectivity index (χ1n) is 13.3. The van der Waals surface area contributed by atoms with Crippen molar-refractivity contribution in [1.82, 2.24) is 4.57 Å². The lowest BCUT2D eigenvalue weighted by Gasteiger charge is -2.08. The first kappa shape index (κ1) is 28.8. The highest BCUT2D eigenvalue weighted by Crippen LogP contribution is 2.36. The summed E-state index contributed by atoms with van der Waals surface area (Å²) in [7, 11) is 0. The number of para-hydroxylation sites is 2. The van der Waals surface area contributed by atoms with E-state index in [2.05, 4.69) is 0 Å². The van der Waals surface area contributed by atoms with E-state index in [1.165, 1.54) is 11.8 Å². The molecule has 4 rings (SSSR count). The van der Waals surface area contributed by atoms with Gasteiger partial charge >= 0.3 is 11.9 Å². The lowest BCUT2D eigenvalue weighted by atomic mass is 10.1. The van der Waals surface area contributed by atoms with Crippen LogP contribution in [0.2, 0.25) is 0 Å². The van der Waals surface area contributed by atoms with Crippen LogP contribution in [0, 0.1) is 0 Å². The van der Waals surface area contributed by atoms with E-state index in [1.54, 1.807) is 10.8 Å². The summed E-state index contributed by atoms with van der Waals surface area (Å²) in [4.78, 5) is 23.9. The predicted molar refractivity (Wildman–Crippen MR) is 159 cm³/mol. The third-order valence-electron chi connectivity index (χ3n) is 6.27. The number of benzene rings is 3. The average Bonchev–Trinajstić information content (AvgIpc) is 3.30. The lowest BCUT2D eigenvalue weighted by molar-refractivity contribution is -0.138. The Morgan fingerprint density at radius 3 is 2.17 bits per heavy atom. The Balaban J connectivity index is 1.39. The highest BCUT2D eigenvalue weighted by Gasteiger charge is 2.21. The fourth-order valence-electron chi connectivity index (χ4n) is 4.28. The van der Waals surface area contributed by atoms with Gasteiger partial charge in [0.15, 0.2) is 0 Å². The molecule has 1 aromatic heterocycles. The summed E-state index contributed by atoms with van der Waals surface area (Å²) < 4.78 is 13.2. The zero-order valence-corrected chi connectivity index (χ0v) is 23.2. The maximum atomic E-state index is 11.6. The largest absolute Gasteiger partial charge is 0.494 e. The maximum Gasteiger partial charge on any atom is 0.323 e. The fraction of sp³-hybridized carbons (Fsp3) is 0.250. The van der Waals surface area contributed by atoms with Crippen LogP contribution in [0.25, 0.3) is 23.1 Å². The van der Waals surface area contributed by atoms with E-state index in [-0.39, 0.29) is 6.54 Å². The van der Waals surface area contributed by atoms with Crippen molar-refractivity contribution < 1.29 is 29.3 Å². The van der Waals surface area contributed by atoms with Crippen LogP contribution in [0.4, 0.5) is 0 Å². The molecule has 3 aromatic carbocycles. The van der Waals surface area contributed by atoms with Gasteiger partial charge in [-0.15, -0.1) is 11.8 Å². The van der Waals surface area contributed by atoms with Crippen molar-refractivity contribution in [2.24, 2.45) is 0 Å². The second-order valence-corrected chi connectivity index (χ2v) is 10.5. The smallest absolute Gasteiger partial charge is 0.323 e. The number of carboxylic acids is 2. The second-order valence-electron chi connectivity index (χ2n) is 9.23. The number of carboxylic acid groups (broad SMARTS) is 2. The summed E-state index contributed by atoms with van der Waals surface area (Å²) in [6, 6.07) is 23.3. The molecule has 8 heteroatoms. The van der Waals surface area contributed by atoms with Gasteiger partial charge in [-0.05, 0) is 54.7 Å². The minimum absolute atomic E-state index is 0.212. The summed E-state index contributed by atoms with van der Waals surface area (Å²) in [5.74, 6) is -0.172. The summed E-state index contributed by atoms with van der Waals surface area (Å²) in [5.41, 5.74) is 2.59. The van der Waals surface area contributed by atoms with Gasteiger partial charge in [0.1, 0.15) is 23.3 Å². The van der Waals surface area contributed by atoms with Gasteiger partial charge in [-0.1, -0.05) is 67.6 Å². The van der Waals surface area contributed by atoms with Gasteiger partial charge in [0.2, 0.25) is 0 Å². The number of rotatable bonds is 15. The summed E-state index contributed by atoms with van der Waals surface area (Å²) in [6.07, 6.45) is 7.92. The Bertz CT molecular complexity index is 1450. The van der Waals surface area contributed by atoms with Gasteiger partial charge in [-0.3, -0.25) is 9.59 Å². The predicted octanol–water partition coefficient (Wildman–Crippen LogP) is 7.09. The minimum atomic E-state index is -0.961. The number of hydrogen-bond acceptors (Lipinski definition) is 5. The van der Waals surface area contributed by atoms with Crippen molar-refractivity contribution in [3.8, 4) is 11.5 Å². The molecule has 0 aliphatic rings. The number of fused-ring (bicyclic) bond motifs is 1. The van der Waals surface area contributed by atoms with Crippen LogP contribution in [0.15, 0.2) is 83.9 Å². The molecule has 208 valence electrons. The van der Waals surface area contributed by atoms with Crippen molar-refractivity contribution in [3.63, 3.8) is 0 Å². The number of nitrogens with zero attached hydrogens (tertiary/aromatic N) is 1. The molecule has 0 fully saturated rings. The Labute approximate surface area is 238 Å². The van der Waals surface area contributed by atoms with Crippen LogP contribution in [-0.4, -0.2) is 45.2 Å². The Kier molecular flexibility index (Phi) is 10.3. The third kappa shape index (κ3) is 7.93. The van der Waals surface area contributed by atoms with E-state index in [9.17, 15) is 19.8 Å². The van der Waals surface area contributed by atoms with Gasteiger partial charge in [-0.25, -0.2) is 0 Å². The topological polar surface area (TPSA) is 98.0 Å². The average molecular weight is 560 g/mol. The van der Waals surface area contributed by atoms with E-state index < -0.39 is 17.2 Å². The molecule has 1 heterocycles. The van der Waals surface area contributed by atoms with Crippen molar-refractivity contribution >= 4 is 46.8 Å². The molecule has 0 radical (unpaired) electrons. The molecule has 7 nitrogen and oxygen atoms in total. The van der Waals surface area contributed by atoms with E-state index in [0.717, 1.165) is 51.3 Å². The molecule has 4 aromatic rings. The third-order valence-corrected chi connectivity index (χ3v) is 7.67. The summed E-state index contributed by atoms with van der Waals surface area (Å²) in [6.45, 7) is 2.88. The van der Waals surface area contributed by atoms with Gasteiger partial charge < -0.3 is 24.3 Å². The van der Waals surface area contributed by atoms with Crippen LogP contribution in [0.1, 0.15) is 37.3 Å². The Morgan fingerprint density at radius 2 is 1.55 bits per heavy atom. The first-order valence-corrected chi connectivity index (χ1v) is 14.1. The molecular formula is C32H33NO6S. The molecule has 0 saturated carbocycles. The number of ether oxygens (including phenoxy) is 2. The normalized spacial score (nSPS) is 12.0. The highest BCUT2D eigenvalue weighted by atomic mass is 32.2. The zero-order chi connectivity index (χ0) is 28.3. The number of unbranched alkanes of at least 4 members (excludes halogenated alkanes) is 1. The maximum absolute atomic E-state index is 11.6. The molecule has 0 saturated heterocycles. The van der Waals surface area contributed by atoms with Gasteiger partial charge in [0, 0.05) is 16.5 Å². The van der Waals surface area contributed by atoms with E-state index in [4.69, 9.17) is 9.47 Å². The Hall–Kier alpha value is -4.17. The van der Waals surface area contributed by atoms with Crippen molar-refractivity contribution in [2.75, 3.05) is 13.2 Å². The number of carbonyl (C=O) groups is 2. The molecule has 0 spiro atoms. The molecular weight excluding hydrogens is 526 g/mol. The van der Waals surface area contributed by atoms with Crippen molar-refractivity contribution in [2.45, 2.75) is 42.9 Å². The standard InChI is InChI=1S/C32H33NO6S/c1-2-28(32(36)37)40-29-21-33(22-30(34)35)31-24(9-8-12-27(29)31)16-13-23-14-17-26(18-15-23)39-20-7-6-19-38-25-10-4-3-5-11-25/h3-5,8-18,21,28H,2,6-7,19-20,22H2,1H3,(H,34,35)(H,36,37). The van der Waals surface area contributed by atoms with Crippen LogP contribution in [0.5, 0.6) is 11.5 Å². The number of hydrogen-bond donors (Lipinski definition) is 2. The number of aromatic nitrogens is 1. The van der Waals surface area contributed by atoms with Crippen molar-refractivity contribution in [3.05, 3.63) is 90.1 Å². The van der Waals surface area contributed by atoms with Gasteiger partial charge in [-0.2, -0.15) is 0 Å². The SMILES string of the molecule is CCC(Sc1cn(CC(=O)O)c2c(C=Cc3ccc(OCCCCOc4ccccc4)cc3)cccc12)C(=O)O. The number of thioether (sulfide) groups is 1. The van der Waals surface area contributed by atoms with Gasteiger partial charge in [0.05, 0.1) is 18.7 Å². The lowest BCUT2D eigenvalue weighted by Crippen LogP contribution is -2.14. The first-order chi connectivity index (χ1) is 19.4. The molecule has 1 atom stereocenters. The molecule has 0 aliphatic carbocycles. The van der Waals surface area contributed by atoms with Crippen molar-refractivity contribution in [1.29, 1.82) is 0 Å². The molecule has 1 unspecified atom stereocenters. The molecule has 0 aliphatic heterocycles. The van der Waals surface area contributed by atoms with E-state index in [0.29, 0.717) is 19.6 Å². The molecule has 0 amide bonds. The highest BCUT2D eigenvalue weighted by molar-refractivity contribution is 8.00. The van der Waals surface area contributed by atoms with Gasteiger partial charge in [0.25, 0.3) is 0 Å². The van der Waals surface area contributed by atoms with Crippen LogP contribution in [-0.2, 0) is 16.1 Å². The van der Waals surface area contributed by atoms with E-state index >= 15 is 0 Å². The van der Waals surface area contributed by atoms with Crippen LogP contribution in [0.3, 0.4) is 0 Å². The van der Waals surface area contributed by atoms with E-state index in [1.807, 2.05) is 91.9 Å². The Morgan fingerprint density at radius 1 is 0.875 bits per heavy atom. The quantitative estimate of drug-likeness (QED) is 0.0911. The van der Waals surface area contributed by atoms with Crippen LogP contribution >= 0.6 is 11.8 Å². The zero-order valence-electron chi connectivity index (χ0n) is 22.4. The molecule has 0 bridgehead atoms.